The molecule has 140 valence electrons. The molecule has 3 aromatic rings. The summed E-state index contributed by atoms with van der Waals surface area (Å²) in [5.41, 5.74) is 3.72. The second-order valence-electron chi connectivity index (χ2n) is 6.12. The Morgan fingerprint density at radius 2 is 1.89 bits per heavy atom. The fourth-order valence-corrected chi connectivity index (χ4v) is 3.52. The van der Waals surface area contributed by atoms with Gasteiger partial charge in [-0.1, -0.05) is 6.07 Å². The molecule has 0 aliphatic carbocycles. The molecule has 0 bridgehead atoms. The number of amides is 1. The number of aromatic nitrogens is 1. The number of hydrogen-bond acceptors (Lipinski definition) is 5. The summed E-state index contributed by atoms with van der Waals surface area (Å²) in [4.78, 5) is 16.9. The van der Waals surface area contributed by atoms with Gasteiger partial charge in [0.05, 0.1) is 25.6 Å². The molecule has 0 atom stereocenters. The van der Waals surface area contributed by atoms with Gasteiger partial charge in [-0.2, -0.15) is 0 Å². The van der Waals surface area contributed by atoms with E-state index in [1.54, 1.807) is 25.6 Å². The van der Waals surface area contributed by atoms with Gasteiger partial charge in [-0.25, -0.2) is 4.98 Å². The number of ether oxygens (including phenoxy) is 2. The topological polar surface area (TPSA) is 60.5 Å². The lowest BCUT2D eigenvalue weighted by Crippen LogP contribution is -2.13. The molecule has 27 heavy (non-hydrogen) atoms. The summed E-state index contributed by atoms with van der Waals surface area (Å²) in [5, 5.41) is 5.86. The standard InChI is InChI=1S/C21H22N2O3S/c1-14-4-10-19(26-3)18(12-14)23-20(24)11-7-16-13-27-21(22-16)15-5-8-17(25-2)9-6-15/h4-6,8-10,12-13H,7,11H2,1-3H3,(H,23,24). The number of rotatable bonds is 7. The fraction of sp³-hybridized carbons (Fsp3) is 0.238. The molecule has 0 saturated carbocycles. The first-order valence-electron chi connectivity index (χ1n) is 8.62. The molecule has 6 heteroatoms. The lowest BCUT2D eigenvalue weighted by atomic mass is 10.2. The largest absolute Gasteiger partial charge is 0.497 e. The van der Waals surface area contributed by atoms with E-state index < -0.39 is 0 Å². The maximum absolute atomic E-state index is 12.3. The van der Waals surface area contributed by atoms with Crippen molar-refractivity contribution >= 4 is 22.9 Å². The number of hydrogen-bond donors (Lipinski definition) is 1. The molecular weight excluding hydrogens is 360 g/mol. The van der Waals surface area contributed by atoms with Gasteiger partial charge in [-0.3, -0.25) is 4.79 Å². The first-order chi connectivity index (χ1) is 13.1. The van der Waals surface area contributed by atoms with Gasteiger partial charge in [0, 0.05) is 17.4 Å². The van der Waals surface area contributed by atoms with Crippen molar-refractivity contribution in [3.63, 3.8) is 0 Å². The maximum atomic E-state index is 12.3. The predicted molar refractivity (Wildman–Crippen MR) is 109 cm³/mol. The molecule has 1 amide bonds. The normalized spacial score (nSPS) is 10.5. The highest BCUT2D eigenvalue weighted by atomic mass is 32.1. The predicted octanol–water partition coefficient (Wildman–Crippen LogP) is 4.71. The summed E-state index contributed by atoms with van der Waals surface area (Å²) in [6.45, 7) is 1.98. The Hall–Kier alpha value is -2.86. The molecule has 2 aromatic carbocycles. The molecule has 0 unspecified atom stereocenters. The van der Waals surface area contributed by atoms with Crippen LogP contribution in [0, 0.1) is 6.92 Å². The van der Waals surface area contributed by atoms with Crippen LogP contribution in [0.3, 0.4) is 0 Å². The first-order valence-corrected chi connectivity index (χ1v) is 9.50. The van der Waals surface area contributed by atoms with Crippen LogP contribution in [-0.2, 0) is 11.2 Å². The average Bonchev–Trinajstić information content (AvgIpc) is 3.16. The van der Waals surface area contributed by atoms with Crippen molar-refractivity contribution in [2.45, 2.75) is 19.8 Å². The Kier molecular flexibility index (Phi) is 6.08. The summed E-state index contributed by atoms with van der Waals surface area (Å²) in [7, 11) is 3.24. The van der Waals surface area contributed by atoms with Crippen LogP contribution in [0.15, 0.2) is 47.8 Å². The Morgan fingerprint density at radius 1 is 1.11 bits per heavy atom. The number of anilines is 1. The van der Waals surface area contributed by atoms with E-state index in [9.17, 15) is 4.79 Å². The van der Waals surface area contributed by atoms with E-state index in [1.165, 1.54) is 0 Å². The Balaban J connectivity index is 1.59. The molecule has 0 aliphatic rings. The Labute approximate surface area is 163 Å². The summed E-state index contributed by atoms with van der Waals surface area (Å²) >= 11 is 1.58. The average molecular weight is 382 g/mol. The zero-order valence-electron chi connectivity index (χ0n) is 15.6. The summed E-state index contributed by atoms with van der Waals surface area (Å²) in [5.74, 6) is 1.42. The van der Waals surface area contributed by atoms with E-state index in [0.717, 1.165) is 27.6 Å². The number of nitrogens with one attached hydrogen (secondary N) is 1. The quantitative estimate of drug-likeness (QED) is 0.643. The second-order valence-corrected chi connectivity index (χ2v) is 6.98. The van der Waals surface area contributed by atoms with Crippen molar-refractivity contribution < 1.29 is 14.3 Å². The van der Waals surface area contributed by atoms with Gasteiger partial charge >= 0.3 is 0 Å². The Bertz CT molecular complexity index is 919. The third-order valence-corrected chi connectivity index (χ3v) is 5.07. The summed E-state index contributed by atoms with van der Waals surface area (Å²) in [6.07, 6.45) is 0.954. The van der Waals surface area contributed by atoms with Crippen LogP contribution in [0.1, 0.15) is 17.7 Å². The van der Waals surface area contributed by atoms with E-state index in [2.05, 4.69) is 10.3 Å². The van der Waals surface area contributed by atoms with Crippen LogP contribution in [0.2, 0.25) is 0 Å². The fourth-order valence-electron chi connectivity index (χ4n) is 2.66. The van der Waals surface area contributed by atoms with E-state index in [4.69, 9.17) is 9.47 Å². The molecule has 1 aromatic heterocycles. The van der Waals surface area contributed by atoms with Gasteiger partial charge in [0.15, 0.2) is 0 Å². The zero-order chi connectivity index (χ0) is 19.2. The molecule has 3 rings (SSSR count). The van der Waals surface area contributed by atoms with Gasteiger partial charge in [0.25, 0.3) is 0 Å². The van der Waals surface area contributed by atoms with Crippen LogP contribution in [0.25, 0.3) is 10.6 Å². The molecule has 0 saturated heterocycles. The van der Waals surface area contributed by atoms with Crippen molar-refractivity contribution in [2.75, 3.05) is 19.5 Å². The first kappa shape index (κ1) is 18.9. The minimum Gasteiger partial charge on any atom is -0.497 e. The van der Waals surface area contributed by atoms with Crippen molar-refractivity contribution in [3.8, 4) is 22.1 Å². The van der Waals surface area contributed by atoms with E-state index >= 15 is 0 Å². The molecule has 1 heterocycles. The third-order valence-electron chi connectivity index (χ3n) is 4.13. The molecule has 0 spiro atoms. The highest BCUT2D eigenvalue weighted by molar-refractivity contribution is 7.13. The molecule has 5 nitrogen and oxygen atoms in total. The van der Waals surface area contributed by atoms with Gasteiger partial charge in [0.1, 0.15) is 16.5 Å². The molecule has 0 fully saturated rings. The lowest BCUT2D eigenvalue weighted by Gasteiger charge is -2.10. The van der Waals surface area contributed by atoms with Gasteiger partial charge in [-0.15, -0.1) is 11.3 Å². The molecular formula is C21H22N2O3S. The number of nitrogens with zero attached hydrogens (tertiary/aromatic N) is 1. The third kappa shape index (κ3) is 4.86. The number of aryl methyl sites for hydroxylation is 2. The monoisotopic (exact) mass is 382 g/mol. The van der Waals surface area contributed by atoms with E-state index in [0.29, 0.717) is 24.3 Å². The highest BCUT2D eigenvalue weighted by Gasteiger charge is 2.10. The lowest BCUT2D eigenvalue weighted by molar-refractivity contribution is -0.116. The minimum atomic E-state index is -0.0575. The van der Waals surface area contributed by atoms with Crippen LogP contribution in [0.4, 0.5) is 5.69 Å². The summed E-state index contributed by atoms with van der Waals surface area (Å²) < 4.78 is 10.5. The number of thiazole rings is 1. The SMILES string of the molecule is COc1ccc(-c2nc(CCC(=O)Nc3cc(C)ccc3OC)cs2)cc1. The van der Waals surface area contributed by atoms with Crippen molar-refractivity contribution in [1.29, 1.82) is 0 Å². The smallest absolute Gasteiger partial charge is 0.224 e. The van der Waals surface area contributed by atoms with Crippen LogP contribution in [0.5, 0.6) is 11.5 Å². The van der Waals surface area contributed by atoms with E-state index in [-0.39, 0.29) is 5.91 Å². The number of methoxy groups -OCH3 is 2. The Morgan fingerprint density at radius 3 is 2.59 bits per heavy atom. The van der Waals surface area contributed by atoms with Gasteiger partial charge in [0.2, 0.25) is 5.91 Å². The van der Waals surface area contributed by atoms with Crippen molar-refractivity contribution in [2.24, 2.45) is 0 Å². The van der Waals surface area contributed by atoms with Gasteiger partial charge < -0.3 is 14.8 Å². The van der Waals surface area contributed by atoms with E-state index in [1.807, 2.05) is 54.8 Å². The zero-order valence-corrected chi connectivity index (χ0v) is 16.4. The van der Waals surface area contributed by atoms with Gasteiger partial charge in [-0.05, 0) is 55.3 Å². The van der Waals surface area contributed by atoms with Crippen LogP contribution >= 0.6 is 11.3 Å². The number of carbonyl (C=O) groups excluding carboxylic acids is 1. The second kappa shape index (κ2) is 8.68. The summed E-state index contributed by atoms with van der Waals surface area (Å²) in [6, 6.07) is 13.5. The highest BCUT2D eigenvalue weighted by Crippen LogP contribution is 2.27. The molecule has 0 aliphatic heterocycles. The number of benzene rings is 2. The maximum Gasteiger partial charge on any atom is 0.224 e. The van der Waals surface area contributed by atoms with Crippen molar-refractivity contribution in [1.82, 2.24) is 4.98 Å². The van der Waals surface area contributed by atoms with Crippen molar-refractivity contribution in [3.05, 3.63) is 59.1 Å². The van der Waals surface area contributed by atoms with Crippen LogP contribution < -0.4 is 14.8 Å². The van der Waals surface area contributed by atoms with Crippen LogP contribution in [-0.4, -0.2) is 25.1 Å². The molecule has 1 N–H and O–H groups in total. The number of carbonyl (C=O) groups is 1. The molecule has 0 radical (unpaired) electrons. The minimum absolute atomic E-state index is 0.0575.